The predicted molar refractivity (Wildman–Crippen MR) is 123 cm³/mol. The molecule has 1 saturated heterocycles. The van der Waals surface area contributed by atoms with Gasteiger partial charge in [-0.1, -0.05) is 72.8 Å². The molecule has 3 aromatic carbocycles. The van der Waals surface area contributed by atoms with Crippen molar-refractivity contribution < 1.29 is 9.59 Å². The summed E-state index contributed by atoms with van der Waals surface area (Å²) in [7, 11) is 0. The molecule has 3 aromatic rings. The highest BCUT2D eigenvalue weighted by molar-refractivity contribution is 7.99. The van der Waals surface area contributed by atoms with Crippen LogP contribution in [0.15, 0.2) is 78.9 Å². The maximum absolute atomic E-state index is 13.4. The first kappa shape index (κ1) is 20.4. The Kier molecular flexibility index (Phi) is 6.34. The van der Waals surface area contributed by atoms with Gasteiger partial charge in [-0.25, -0.2) is 0 Å². The van der Waals surface area contributed by atoms with E-state index in [1.807, 2.05) is 47.0 Å². The summed E-state index contributed by atoms with van der Waals surface area (Å²) in [5, 5.41) is 0.394. The van der Waals surface area contributed by atoms with Gasteiger partial charge in [0.1, 0.15) is 0 Å². The minimum atomic E-state index is -0.110. The van der Waals surface area contributed by atoms with E-state index in [2.05, 4.69) is 31.2 Å². The molecule has 0 bridgehead atoms. The van der Waals surface area contributed by atoms with E-state index in [0.717, 1.165) is 12.2 Å². The molecule has 3 nitrogen and oxygen atoms in total. The molecule has 0 spiro atoms. The van der Waals surface area contributed by atoms with Crippen molar-refractivity contribution in [1.29, 1.82) is 0 Å². The van der Waals surface area contributed by atoms with Crippen molar-refractivity contribution in [3.63, 3.8) is 0 Å². The van der Waals surface area contributed by atoms with Gasteiger partial charge in [0.05, 0.1) is 5.56 Å². The second-order valence-electron chi connectivity index (χ2n) is 7.54. The highest BCUT2D eigenvalue weighted by atomic mass is 32.2. The van der Waals surface area contributed by atoms with Gasteiger partial charge in [-0.3, -0.25) is 9.59 Å². The van der Waals surface area contributed by atoms with Crippen molar-refractivity contribution >= 4 is 23.5 Å². The number of carbonyl (C=O) groups excluding carboxylic acids is 2. The first-order valence-corrected chi connectivity index (χ1v) is 11.3. The van der Waals surface area contributed by atoms with E-state index in [-0.39, 0.29) is 11.7 Å². The Morgan fingerprint density at radius 1 is 0.833 bits per heavy atom. The average Bonchev–Trinajstić information content (AvgIpc) is 3.05. The average molecular weight is 416 g/mol. The van der Waals surface area contributed by atoms with E-state index in [1.165, 1.54) is 11.1 Å². The molecule has 1 unspecified atom stereocenters. The third kappa shape index (κ3) is 4.34. The molecule has 1 amide bonds. The van der Waals surface area contributed by atoms with Gasteiger partial charge >= 0.3 is 0 Å². The largest absolute Gasteiger partial charge is 0.338 e. The molecule has 30 heavy (non-hydrogen) atoms. The molecular weight excluding hydrogens is 390 g/mol. The van der Waals surface area contributed by atoms with Gasteiger partial charge in [0.15, 0.2) is 5.78 Å². The first-order valence-electron chi connectivity index (χ1n) is 10.3. The molecule has 4 heteroatoms. The van der Waals surface area contributed by atoms with Gasteiger partial charge in [-0.2, -0.15) is 11.8 Å². The van der Waals surface area contributed by atoms with E-state index >= 15 is 0 Å². The standard InChI is InChI=1S/C26H25NO2S/c1-19-9-5-6-12-21(19)24-15-16-27(17-18-30-24)26(29)23-14-8-7-13-22(23)25(28)20-10-3-2-4-11-20/h2-14,24H,15-18H2,1H3. The molecule has 1 atom stereocenters. The number of hydrogen-bond donors (Lipinski definition) is 0. The lowest BCUT2D eigenvalue weighted by Crippen LogP contribution is -2.34. The van der Waals surface area contributed by atoms with Crippen LogP contribution < -0.4 is 0 Å². The van der Waals surface area contributed by atoms with E-state index in [4.69, 9.17) is 0 Å². The van der Waals surface area contributed by atoms with E-state index < -0.39 is 0 Å². The van der Waals surface area contributed by atoms with Crippen LogP contribution in [0.3, 0.4) is 0 Å². The normalized spacial score (nSPS) is 16.7. The Hall–Kier alpha value is -2.85. The molecule has 0 N–H and O–H groups in total. The lowest BCUT2D eigenvalue weighted by atomic mass is 9.97. The molecule has 0 radical (unpaired) electrons. The van der Waals surface area contributed by atoms with Crippen molar-refractivity contribution in [3.8, 4) is 0 Å². The number of nitrogens with zero attached hydrogens (tertiary/aromatic N) is 1. The minimum Gasteiger partial charge on any atom is -0.338 e. The molecule has 1 heterocycles. The van der Waals surface area contributed by atoms with Crippen molar-refractivity contribution in [2.45, 2.75) is 18.6 Å². The summed E-state index contributed by atoms with van der Waals surface area (Å²) in [4.78, 5) is 28.3. The van der Waals surface area contributed by atoms with Crippen LogP contribution in [-0.4, -0.2) is 35.4 Å². The van der Waals surface area contributed by atoms with Crippen LogP contribution >= 0.6 is 11.8 Å². The summed E-state index contributed by atoms with van der Waals surface area (Å²) in [5.41, 5.74) is 4.22. The second kappa shape index (κ2) is 9.31. The maximum atomic E-state index is 13.4. The number of thioether (sulfide) groups is 1. The number of carbonyl (C=O) groups is 2. The number of rotatable bonds is 4. The van der Waals surface area contributed by atoms with Crippen LogP contribution in [0.1, 0.15) is 49.1 Å². The van der Waals surface area contributed by atoms with Gasteiger partial charge in [0, 0.05) is 35.2 Å². The molecule has 0 saturated carbocycles. The van der Waals surface area contributed by atoms with Gasteiger partial charge in [0.2, 0.25) is 0 Å². The Bertz CT molecular complexity index is 1050. The lowest BCUT2D eigenvalue weighted by Gasteiger charge is -2.22. The van der Waals surface area contributed by atoms with Crippen LogP contribution in [-0.2, 0) is 0 Å². The quantitative estimate of drug-likeness (QED) is 0.525. The van der Waals surface area contributed by atoms with Crippen molar-refractivity contribution in [2.75, 3.05) is 18.8 Å². The van der Waals surface area contributed by atoms with Crippen LogP contribution in [0.2, 0.25) is 0 Å². The zero-order valence-electron chi connectivity index (χ0n) is 17.1. The Balaban J connectivity index is 1.54. The third-order valence-electron chi connectivity index (χ3n) is 5.60. The summed E-state index contributed by atoms with van der Waals surface area (Å²) in [6.07, 6.45) is 0.913. The number of hydrogen-bond acceptors (Lipinski definition) is 3. The Labute approximate surface area is 182 Å². The summed E-state index contributed by atoms with van der Waals surface area (Å²) in [6.45, 7) is 3.54. The van der Waals surface area contributed by atoms with E-state index in [1.54, 1.807) is 24.3 Å². The zero-order valence-corrected chi connectivity index (χ0v) is 17.9. The summed E-state index contributed by atoms with van der Waals surface area (Å²) in [5.74, 6) is 0.724. The molecule has 152 valence electrons. The topological polar surface area (TPSA) is 37.4 Å². The summed E-state index contributed by atoms with van der Waals surface area (Å²) in [6, 6.07) is 24.8. The van der Waals surface area contributed by atoms with E-state index in [9.17, 15) is 9.59 Å². The van der Waals surface area contributed by atoms with Gasteiger partial charge < -0.3 is 4.90 Å². The SMILES string of the molecule is Cc1ccccc1C1CCN(C(=O)c2ccccc2C(=O)c2ccccc2)CCS1. The molecular formula is C26H25NO2S. The maximum Gasteiger partial charge on any atom is 0.254 e. The highest BCUT2D eigenvalue weighted by Gasteiger charge is 2.26. The molecule has 4 rings (SSSR count). The summed E-state index contributed by atoms with van der Waals surface area (Å²) >= 11 is 1.91. The first-order chi connectivity index (χ1) is 14.6. The number of amides is 1. The van der Waals surface area contributed by atoms with Crippen molar-refractivity contribution in [2.24, 2.45) is 0 Å². The Morgan fingerprint density at radius 2 is 1.50 bits per heavy atom. The van der Waals surface area contributed by atoms with Crippen LogP contribution in [0, 0.1) is 6.92 Å². The fourth-order valence-corrected chi connectivity index (χ4v) is 5.28. The Morgan fingerprint density at radius 3 is 2.27 bits per heavy atom. The van der Waals surface area contributed by atoms with Gasteiger partial charge in [0.25, 0.3) is 5.91 Å². The van der Waals surface area contributed by atoms with Crippen LogP contribution in [0.25, 0.3) is 0 Å². The molecule has 0 aromatic heterocycles. The van der Waals surface area contributed by atoms with Crippen molar-refractivity contribution in [1.82, 2.24) is 4.90 Å². The fraction of sp³-hybridized carbons (Fsp3) is 0.231. The van der Waals surface area contributed by atoms with Gasteiger partial charge in [-0.15, -0.1) is 0 Å². The second-order valence-corrected chi connectivity index (χ2v) is 8.85. The lowest BCUT2D eigenvalue weighted by molar-refractivity contribution is 0.0762. The van der Waals surface area contributed by atoms with E-state index in [0.29, 0.717) is 35.0 Å². The number of ketones is 1. The number of benzene rings is 3. The van der Waals surface area contributed by atoms with Crippen molar-refractivity contribution in [3.05, 3.63) is 107 Å². The molecule has 1 fully saturated rings. The highest BCUT2D eigenvalue weighted by Crippen LogP contribution is 2.36. The molecule has 1 aliphatic rings. The summed E-state index contributed by atoms with van der Waals surface area (Å²) < 4.78 is 0. The monoisotopic (exact) mass is 415 g/mol. The smallest absolute Gasteiger partial charge is 0.254 e. The zero-order chi connectivity index (χ0) is 20.9. The van der Waals surface area contributed by atoms with Crippen LogP contribution in [0.5, 0.6) is 0 Å². The predicted octanol–water partition coefficient (Wildman–Crippen LogP) is 5.55. The third-order valence-corrected chi connectivity index (χ3v) is 6.91. The van der Waals surface area contributed by atoms with Gasteiger partial charge in [-0.05, 0) is 30.5 Å². The van der Waals surface area contributed by atoms with Crippen LogP contribution in [0.4, 0.5) is 0 Å². The fourth-order valence-electron chi connectivity index (χ4n) is 3.95. The number of aryl methyl sites for hydroxylation is 1. The minimum absolute atomic E-state index is 0.0547. The molecule has 1 aliphatic heterocycles. The molecule has 0 aliphatic carbocycles.